The monoisotopic (exact) mass is 272 g/mol. The molecular weight excluding hydrogens is 257 g/mol. The number of hydrazine groups is 1. The summed E-state index contributed by atoms with van der Waals surface area (Å²) in [6, 6.07) is 4.70. The van der Waals surface area contributed by atoms with Gasteiger partial charge >= 0.3 is 6.18 Å². The van der Waals surface area contributed by atoms with Crippen molar-refractivity contribution in [3.63, 3.8) is 0 Å². The third kappa shape index (κ3) is 3.27. The Bertz CT molecular complexity index is 471. The van der Waals surface area contributed by atoms with Crippen LogP contribution in [0.2, 0.25) is 0 Å². The molecule has 1 heterocycles. The molecule has 0 aromatic heterocycles. The molecule has 1 aliphatic rings. The van der Waals surface area contributed by atoms with E-state index in [9.17, 15) is 13.2 Å². The summed E-state index contributed by atoms with van der Waals surface area (Å²) in [6.07, 6.45) is -1.19. The molecular formula is C13H15F3N2O. The van der Waals surface area contributed by atoms with Crippen LogP contribution in [-0.4, -0.2) is 6.61 Å². The molecule has 19 heavy (non-hydrogen) atoms. The zero-order valence-electron chi connectivity index (χ0n) is 10.2. The van der Waals surface area contributed by atoms with Crippen molar-refractivity contribution in [2.45, 2.75) is 25.1 Å². The number of alkyl halides is 3. The summed E-state index contributed by atoms with van der Waals surface area (Å²) in [5, 5.41) is 0. The highest BCUT2D eigenvalue weighted by Crippen LogP contribution is 2.33. The smallest absolute Gasteiger partial charge is 0.416 e. The Morgan fingerprint density at radius 1 is 1.32 bits per heavy atom. The van der Waals surface area contributed by atoms with Crippen LogP contribution in [0.25, 0.3) is 0 Å². The van der Waals surface area contributed by atoms with E-state index in [-0.39, 0.29) is 0 Å². The average molecular weight is 272 g/mol. The SMILES string of the molecule is NNC(C1=COCCC1)c1cccc(C(F)(F)F)c1. The number of hydrogen-bond donors (Lipinski definition) is 2. The highest BCUT2D eigenvalue weighted by atomic mass is 19.4. The molecule has 1 aromatic rings. The van der Waals surface area contributed by atoms with Gasteiger partial charge in [0.15, 0.2) is 0 Å². The molecule has 1 unspecified atom stereocenters. The van der Waals surface area contributed by atoms with Crippen molar-refractivity contribution in [3.05, 3.63) is 47.2 Å². The number of nitrogens with two attached hydrogens (primary N) is 1. The molecule has 0 bridgehead atoms. The molecule has 2 rings (SSSR count). The molecule has 0 amide bonds. The molecule has 0 radical (unpaired) electrons. The quantitative estimate of drug-likeness (QED) is 0.657. The first-order chi connectivity index (χ1) is 9.02. The Labute approximate surface area is 109 Å². The molecule has 0 saturated carbocycles. The van der Waals surface area contributed by atoms with Gasteiger partial charge in [0, 0.05) is 0 Å². The van der Waals surface area contributed by atoms with E-state index in [4.69, 9.17) is 10.6 Å². The highest BCUT2D eigenvalue weighted by Gasteiger charge is 2.31. The van der Waals surface area contributed by atoms with Crippen LogP contribution in [0.4, 0.5) is 13.2 Å². The number of nitrogens with one attached hydrogen (secondary N) is 1. The second-order valence-corrected chi connectivity index (χ2v) is 4.39. The summed E-state index contributed by atoms with van der Waals surface area (Å²) in [6.45, 7) is 0.628. The van der Waals surface area contributed by atoms with E-state index in [0.29, 0.717) is 12.2 Å². The van der Waals surface area contributed by atoms with Crippen LogP contribution in [0.3, 0.4) is 0 Å². The third-order valence-corrected chi connectivity index (χ3v) is 3.05. The lowest BCUT2D eigenvalue weighted by atomic mass is 9.94. The molecule has 3 nitrogen and oxygen atoms in total. The van der Waals surface area contributed by atoms with Crippen molar-refractivity contribution in [1.29, 1.82) is 0 Å². The van der Waals surface area contributed by atoms with Crippen LogP contribution >= 0.6 is 0 Å². The Morgan fingerprint density at radius 2 is 2.11 bits per heavy atom. The van der Waals surface area contributed by atoms with Crippen LogP contribution in [0.15, 0.2) is 36.1 Å². The number of ether oxygens (including phenoxy) is 1. The van der Waals surface area contributed by atoms with Crippen molar-refractivity contribution in [1.82, 2.24) is 5.43 Å². The predicted molar refractivity (Wildman–Crippen MR) is 64.8 cm³/mol. The first-order valence-electron chi connectivity index (χ1n) is 5.96. The minimum absolute atomic E-state index is 0.456. The van der Waals surface area contributed by atoms with Gasteiger partial charge in [-0.1, -0.05) is 12.1 Å². The van der Waals surface area contributed by atoms with Gasteiger partial charge < -0.3 is 4.74 Å². The number of rotatable bonds is 3. The largest absolute Gasteiger partial charge is 0.501 e. The summed E-state index contributed by atoms with van der Waals surface area (Å²) in [7, 11) is 0. The van der Waals surface area contributed by atoms with Gasteiger partial charge in [-0.2, -0.15) is 13.2 Å². The van der Waals surface area contributed by atoms with Crippen LogP contribution in [-0.2, 0) is 10.9 Å². The molecule has 0 saturated heterocycles. The summed E-state index contributed by atoms with van der Waals surface area (Å²) in [5.74, 6) is 5.47. The van der Waals surface area contributed by atoms with Gasteiger partial charge in [0.25, 0.3) is 0 Å². The van der Waals surface area contributed by atoms with Crippen LogP contribution in [0, 0.1) is 0 Å². The van der Waals surface area contributed by atoms with E-state index < -0.39 is 17.8 Å². The van der Waals surface area contributed by atoms with Gasteiger partial charge in [0.05, 0.1) is 24.5 Å². The van der Waals surface area contributed by atoms with Crippen LogP contribution in [0.5, 0.6) is 0 Å². The fourth-order valence-corrected chi connectivity index (χ4v) is 2.11. The van der Waals surface area contributed by atoms with Crippen molar-refractivity contribution in [2.75, 3.05) is 6.61 Å². The van der Waals surface area contributed by atoms with Crippen molar-refractivity contribution < 1.29 is 17.9 Å². The molecule has 1 aliphatic heterocycles. The average Bonchev–Trinajstić information content (AvgIpc) is 2.40. The second-order valence-electron chi connectivity index (χ2n) is 4.39. The molecule has 0 aliphatic carbocycles. The molecule has 1 aromatic carbocycles. The lowest BCUT2D eigenvalue weighted by molar-refractivity contribution is -0.137. The highest BCUT2D eigenvalue weighted by molar-refractivity contribution is 5.33. The van der Waals surface area contributed by atoms with Gasteiger partial charge in [-0.25, -0.2) is 5.43 Å². The fraction of sp³-hybridized carbons (Fsp3) is 0.385. The third-order valence-electron chi connectivity index (χ3n) is 3.05. The molecule has 0 spiro atoms. The topological polar surface area (TPSA) is 47.3 Å². The van der Waals surface area contributed by atoms with Gasteiger partial charge in [0.2, 0.25) is 0 Å². The summed E-state index contributed by atoms with van der Waals surface area (Å²) in [5.41, 5.74) is 3.21. The standard InChI is InChI=1S/C13H15F3N2O/c14-13(15,16)11-5-1-3-9(7-11)12(18-17)10-4-2-6-19-8-10/h1,3,5,7-8,12,18H,2,4,6,17H2. The van der Waals surface area contributed by atoms with E-state index in [1.165, 1.54) is 6.07 Å². The predicted octanol–water partition coefficient (Wildman–Crippen LogP) is 2.90. The zero-order valence-corrected chi connectivity index (χ0v) is 10.2. The Kier molecular flexibility index (Phi) is 4.11. The summed E-state index contributed by atoms with van der Waals surface area (Å²) >= 11 is 0. The van der Waals surface area contributed by atoms with Gasteiger partial charge in [-0.05, 0) is 36.1 Å². The zero-order chi connectivity index (χ0) is 13.9. The van der Waals surface area contributed by atoms with Crippen molar-refractivity contribution in [3.8, 4) is 0 Å². The van der Waals surface area contributed by atoms with Crippen molar-refractivity contribution >= 4 is 0 Å². The van der Waals surface area contributed by atoms with E-state index in [2.05, 4.69) is 5.43 Å². The van der Waals surface area contributed by atoms with Gasteiger partial charge in [-0.15, -0.1) is 0 Å². The van der Waals surface area contributed by atoms with Crippen LogP contribution < -0.4 is 11.3 Å². The molecule has 3 N–H and O–H groups in total. The van der Waals surface area contributed by atoms with Gasteiger partial charge in [0.1, 0.15) is 0 Å². The Balaban J connectivity index is 2.30. The van der Waals surface area contributed by atoms with E-state index in [1.54, 1.807) is 12.3 Å². The Hall–Kier alpha value is -1.53. The Morgan fingerprint density at radius 3 is 2.68 bits per heavy atom. The maximum absolute atomic E-state index is 12.7. The summed E-state index contributed by atoms with van der Waals surface area (Å²) in [4.78, 5) is 0. The fourth-order valence-electron chi connectivity index (χ4n) is 2.11. The lowest BCUT2D eigenvalue weighted by Gasteiger charge is -2.23. The van der Waals surface area contributed by atoms with Gasteiger partial charge in [-0.3, -0.25) is 5.84 Å². The van der Waals surface area contributed by atoms with Crippen LogP contribution in [0.1, 0.15) is 30.0 Å². The molecule has 0 fully saturated rings. The number of halogens is 3. The molecule has 6 heteroatoms. The maximum Gasteiger partial charge on any atom is 0.416 e. The maximum atomic E-state index is 12.7. The first kappa shape index (κ1) is 13.9. The van der Waals surface area contributed by atoms with E-state index in [1.807, 2.05) is 0 Å². The van der Waals surface area contributed by atoms with E-state index in [0.717, 1.165) is 30.5 Å². The van der Waals surface area contributed by atoms with Crippen molar-refractivity contribution in [2.24, 2.45) is 5.84 Å². The molecule has 104 valence electrons. The minimum atomic E-state index is -4.35. The number of hydrogen-bond acceptors (Lipinski definition) is 3. The minimum Gasteiger partial charge on any atom is -0.501 e. The second kappa shape index (κ2) is 5.63. The lowest BCUT2D eigenvalue weighted by Crippen LogP contribution is -2.30. The first-order valence-corrected chi connectivity index (χ1v) is 5.96. The van der Waals surface area contributed by atoms with E-state index >= 15 is 0 Å². The summed E-state index contributed by atoms with van der Waals surface area (Å²) < 4.78 is 43.3. The number of benzene rings is 1. The normalized spacial score (nSPS) is 17.6. The molecule has 1 atom stereocenters.